The first-order chi connectivity index (χ1) is 12.8. The van der Waals surface area contributed by atoms with E-state index >= 15 is 0 Å². The zero-order valence-electron chi connectivity index (χ0n) is 14.6. The highest BCUT2D eigenvalue weighted by atomic mass is 19.2. The van der Waals surface area contributed by atoms with E-state index in [0.717, 1.165) is 20.2 Å². The number of nitrogens with zero attached hydrogens (tertiary/aromatic N) is 2. The average molecular weight is 374 g/mol. The van der Waals surface area contributed by atoms with Gasteiger partial charge in [0.25, 0.3) is 5.56 Å². The molecule has 6 nitrogen and oxygen atoms in total. The first-order valence-electron chi connectivity index (χ1n) is 8.04. The summed E-state index contributed by atoms with van der Waals surface area (Å²) in [7, 11) is 0. The van der Waals surface area contributed by atoms with Gasteiger partial charge in [0.15, 0.2) is 0 Å². The Morgan fingerprint density at radius 2 is 2.04 bits per heavy atom. The van der Waals surface area contributed by atoms with Gasteiger partial charge in [-0.2, -0.15) is 4.39 Å². The van der Waals surface area contributed by atoms with Gasteiger partial charge in [-0.25, -0.2) is 13.9 Å². The summed E-state index contributed by atoms with van der Waals surface area (Å²) in [5, 5.41) is 0.131. The molecule has 0 N–H and O–H groups in total. The second kappa shape index (κ2) is 7.14. The Labute approximate surface area is 153 Å². The van der Waals surface area contributed by atoms with Crippen molar-refractivity contribution in [2.75, 3.05) is 0 Å². The molecule has 1 aromatic heterocycles. The number of carbonyl (C=O) groups excluding carboxylic acids is 1. The molecule has 0 fully saturated rings. The van der Waals surface area contributed by atoms with Crippen LogP contribution < -0.4 is 10.3 Å². The molecule has 0 radical (unpaired) electrons. The molecule has 27 heavy (non-hydrogen) atoms. The Balaban J connectivity index is 1.87. The topological polar surface area (TPSA) is 70.4 Å². The first-order valence-corrected chi connectivity index (χ1v) is 8.04. The van der Waals surface area contributed by atoms with Crippen LogP contribution in [0.1, 0.15) is 19.4 Å². The van der Waals surface area contributed by atoms with Crippen LogP contribution in [0.15, 0.2) is 53.6 Å². The summed E-state index contributed by atoms with van der Waals surface area (Å²) in [5.74, 6) is -3.47. The predicted molar refractivity (Wildman–Crippen MR) is 93.3 cm³/mol. The highest BCUT2D eigenvalue weighted by Crippen LogP contribution is 2.21. The third-order valence-corrected chi connectivity index (χ3v) is 3.79. The maximum atomic E-state index is 14.5. The van der Waals surface area contributed by atoms with Crippen molar-refractivity contribution in [2.45, 2.75) is 26.4 Å². The van der Waals surface area contributed by atoms with Gasteiger partial charge < -0.3 is 9.47 Å². The van der Waals surface area contributed by atoms with Crippen LogP contribution >= 0.6 is 0 Å². The van der Waals surface area contributed by atoms with Crippen LogP contribution in [0.25, 0.3) is 10.9 Å². The fourth-order valence-corrected chi connectivity index (χ4v) is 2.58. The normalized spacial score (nSPS) is 13.2. The number of hydrogen-bond acceptors (Lipinski definition) is 5. The molecule has 0 saturated heterocycles. The van der Waals surface area contributed by atoms with Crippen LogP contribution in [-0.2, 0) is 22.1 Å². The van der Waals surface area contributed by atoms with Gasteiger partial charge in [0, 0.05) is 19.9 Å². The molecule has 1 heterocycles. The molecule has 1 atom stereocenters. The summed E-state index contributed by atoms with van der Waals surface area (Å²) < 4.78 is 38.4. The maximum absolute atomic E-state index is 14.5. The minimum absolute atomic E-state index is 0.131. The third-order valence-electron chi connectivity index (χ3n) is 3.79. The number of ether oxygens (including phenoxy) is 2. The van der Waals surface area contributed by atoms with Crippen molar-refractivity contribution in [2.24, 2.45) is 0 Å². The van der Waals surface area contributed by atoms with Gasteiger partial charge in [0.2, 0.25) is 0 Å². The highest BCUT2D eigenvalue weighted by Gasteiger charge is 2.31. The van der Waals surface area contributed by atoms with Gasteiger partial charge in [-0.3, -0.25) is 9.59 Å². The molecule has 0 aliphatic carbocycles. The quantitative estimate of drug-likeness (QED) is 0.641. The van der Waals surface area contributed by atoms with E-state index < -0.39 is 17.5 Å². The zero-order valence-corrected chi connectivity index (χ0v) is 14.6. The molecule has 0 aliphatic rings. The van der Waals surface area contributed by atoms with E-state index in [4.69, 9.17) is 4.74 Å². The van der Waals surface area contributed by atoms with Crippen LogP contribution in [0.2, 0.25) is 0 Å². The lowest BCUT2D eigenvalue weighted by Crippen LogP contribution is -2.38. The van der Waals surface area contributed by atoms with Crippen molar-refractivity contribution in [1.82, 2.24) is 9.55 Å². The second-order valence-electron chi connectivity index (χ2n) is 5.98. The van der Waals surface area contributed by atoms with E-state index in [0.29, 0.717) is 15.9 Å². The van der Waals surface area contributed by atoms with Gasteiger partial charge in [0.05, 0.1) is 10.9 Å². The minimum Gasteiger partial charge on any atom is -0.489 e. The van der Waals surface area contributed by atoms with Crippen molar-refractivity contribution >= 4 is 16.9 Å². The van der Waals surface area contributed by atoms with Gasteiger partial charge >= 0.3 is 11.9 Å². The largest absolute Gasteiger partial charge is 0.489 e. The molecule has 3 rings (SSSR count). The van der Waals surface area contributed by atoms with Crippen molar-refractivity contribution in [3.63, 3.8) is 0 Å². The number of carbonyl (C=O) groups is 1. The summed E-state index contributed by atoms with van der Waals surface area (Å²) in [6, 6.07) is 10.5. The molecular formula is C19H16F2N2O4. The Morgan fingerprint density at radius 1 is 1.26 bits per heavy atom. The number of esters is 1. The number of alkyl halides is 1. The SMILES string of the molecule is CC(=O)OC(C)(F)n1cnc2cc(OCc3cccc(F)c3)ccc2c1=O. The Morgan fingerprint density at radius 3 is 2.74 bits per heavy atom. The van der Waals surface area contributed by atoms with Crippen molar-refractivity contribution in [3.8, 4) is 5.75 Å². The summed E-state index contributed by atoms with van der Waals surface area (Å²) >= 11 is 0. The number of hydrogen-bond donors (Lipinski definition) is 0. The number of fused-ring (bicyclic) bond motifs is 1. The summed E-state index contributed by atoms with van der Waals surface area (Å²) in [5.41, 5.74) is 0.225. The number of halogens is 2. The van der Waals surface area contributed by atoms with E-state index in [1.165, 1.54) is 30.3 Å². The Kier molecular flexibility index (Phi) is 4.89. The van der Waals surface area contributed by atoms with Crippen molar-refractivity contribution in [1.29, 1.82) is 0 Å². The molecule has 3 aromatic rings. The van der Waals surface area contributed by atoms with Crippen LogP contribution in [0, 0.1) is 5.82 Å². The maximum Gasteiger partial charge on any atom is 0.338 e. The van der Waals surface area contributed by atoms with E-state index in [-0.39, 0.29) is 23.3 Å². The van der Waals surface area contributed by atoms with E-state index in [1.54, 1.807) is 12.1 Å². The Hall–Kier alpha value is -3.29. The number of rotatable bonds is 5. The van der Waals surface area contributed by atoms with Crippen molar-refractivity contribution < 1.29 is 23.0 Å². The van der Waals surface area contributed by atoms with E-state index in [9.17, 15) is 18.4 Å². The van der Waals surface area contributed by atoms with Gasteiger partial charge in [-0.1, -0.05) is 12.1 Å². The van der Waals surface area contributed by atoms with Crippen LogP contribution in [0.5, 0.6) is 5.75 Å². The molecule has 8 heteroatoms. The van der Waals surface area contributed by atoms with Crippen LogP contribution in [0.3, 0.4) is 0 Å². The molecule has 0 aliphatic heterocycles. The van der Waals surface area contributed by atoms with Gasteiger partial charge in [-0.15, -0.1) is 0 Å². The third kappa shape index (κ3) is 4.11. The van der Waals surface area contributed by atoms with E-state index in [1.807, 2.05) is 0 Å². The molecule has 1 unspecified atom stereocenters. The summed E-state index contributed by atoms with van der Waals surface area (Å²) in [6.45, 7) is 2.12. The van der Waals surface area contributed by atoms with Gasteiger partial charge in [-0.05, 0) is 29.8 Å². The number of benzene rings is 2. The zero-order chi connectivity index (χ0) is 19.6. The Bertz CT molecular complexity index is 1060. The lowest BCUT2D eigenvalue weighted by Gasteiger charge is -2.22. The highest BCUT2D eigenvalue weighted by molar-refractivity contribution is 5.78. The molecule has 0 saturated carbocycles. The fourth-order valence-electron chi connectivity index (χ4n) is 2.58. The van der Waals surface area contributed by atoms with Crippen LogP contribution in [0.4, 0.5) is 8.78 Å². The summed E-state index contributed by atoms with van der Waals surface area (Å²) in [6.07, 6.45) is 0.962. The number of aromatic nitrogens is 2. The molecule has 0 bridgehead atoms. The monoisotopic (exact) mass is 374 g/mol. The van der Waals surface area contributed by atoms with Crippen LogP contribution in [-0.4, -0.2) is 15.5 Å². The smallest absolute Gasteiger partial charge is 0.338 e. The van der Waals surface area contributed by atoms with E-state index in [2.05, 4.69) is 9.72 Å². The average Bonchev–Trinajstić information content (AvgIpc) is 2.59. The minimum atomic E-state index is -2.66. The lowest BCUT2D eigenvalue weighted by atomic mass is 10.2. The predicted octanol–water partition coefficient (Wildman–Crippen LogP) is 3.28. The molecule has 2 aromatic carbocycles. The van der Waals surface area contributed by atoms with Gasteiger partial charge in [0.1, 0.15) is 24.5 Å². The fraction of sp³-hybridized carbons (Fsp3) is 0.211. The molecule has 140 valence electrons. The first kappa shape index (κ1) is 18.5. The molecular weight excluding hydrogens is 358 g/mol. The second-order valence-corrected chi connectivity index (χ2v) is 5.98. The molecule has 0 amide bonds. The molecule has 0 spiro atoms. The summed E-state index contributed by atoms with van der Waals surface area (Å²) in [4.78, 5) is 27.6. The van der Waals surface area contributed by atoms with Crippen molar-refractivity contribution in [3.05, 3.63) is 70.5 Å². The lowest BCUT2D eigenvalue weighted by molar-refractivity contribution is -0.203. The standard InChI is InChI=1S/C19H16F2N2O4/c1-12(24)27-19(2,21)23-11-22-17-9-15(6-7-16(17)18(23)25)26-10-13-4-3-5-14(20)8-13/h3-9,11H,10H2,1-2H3.